The van der Waals surface area contributed by atoms with E-state index in [0.717, 1.165) is 12.2 Å². The molecule has 1 aromatic carbocycles. The molecule has 1 unspecified atom stereocenters. The Kier molecular flexibility index (Phi) is 3.43. The highest BCUT2D eigenvalue weighted by Crippen LogP contribution is 2.51. The second-order valence-electron chi connectivity index (χ2n) is 6.76. The topological polar surface area (TPSA) is 20.2 Å². The smallest absolute Gasteiger partial charge is 0.104 e. The Balaban J connectivity index is 2.04. The lowest BCUT2D eigenvalue weighted by Crippen LogP contribution is -2.48. The zero-order valence-corrected chi connectivity index (χ0v) is 12.8. The molecule has 1 saturated carbocycles. The van der Waals surface area contributed by atoms with Crippen LogP contribution in [0.4, 0.5) is 0 Å². The van der Waals surface area contributed by atoms with Gasteiger partial charge in [-0.15, -0.1) is 0 Å². The maximum absolute atomic E-state index is 11.4. The van der Waals surface area contributed by atoms with Gasteiger partial charge in [0.1, 0.15) is 5.60 Å². The molecule has 0 spiro atoms. The minimum absolute atomic E-state index is 0.0297. The minimum atomic E-state index is -0.665. The highest BCUT2D eigenvalue weighted by molar-refractivity contribution is 7.99. The van der Waals surface area contributed by atoms with Crippen LogP contribution >= 0.6 is 11.8 Å². The summed E-state index contributed by atoms with van der Waals surface area (Å²) >= 11 is 1.90. The number of aliphatic hydroxyl groups is 1. The summed E-state index contributed by atoms with van der Waals surface area (Å²) in [5.74, 6) is 2.69. The van der Waals surface area contributed by atoms with Crippen molar-refractivity contribution in [3.63, 3.8) is 0 Å². The second kappa shape index (κ2) is 4.82. The fraction of sp³-hybridized carbons (Fsp3) is 0.647. The van der Waals surface area contributed by atoms with Crippen molar-refractivity contribution >= 4 is 11.8 Å². The van der Waals surface area contributed by atoms with Crippen LogP contribution in [-0.4, -0.2) is 16.6 Å². The molecule has 1 heterocycles. The van der Waals surface area contributed by atoms with Crippen molar-refractivity contribution in [1.82, 2.24) is 0 Å². The molecule has 3 rings (SSSR count). The van der Waals surface area contributed by atoms with Crippen molar-refractivity contribution in [3.05, 3.63) is 35.4 Å². The third kappa shape index (κ3) is 2.13. The SMILES string of the molecule is CC1(C)CCSCC1(O)c1ccccc1C1CCC1. The molecule has 0 aromatic heterocycles. The summed E-state index contributed by atoms with van der Waals surface area (Å²) in [6, 6.07) is 8.63. The third-order valence-corrected chi connectivity index (χ3v) is 6.37. The Hall–Kier alpha value is -0.470. The molecule has 19 heavy (non-hydrogen) atoms. The molecule has 0 amide bonds. The number of hydrogen-bond acceptors (Lipinski definition) is 2. The standard InChI is InChI=1S/C17H24OS/c1-16(2)10-11-19-12-17(16,18)15-9-4-3-8-14(15)13-6-5-7-13/h3-4,8-9,13,18H,5-7,10-12H2,1-2H3. The number of thioether (sulfide) groups is 1. The van der Waals surface area contributed by atoms with Gasteiger partial charge in [-0.1, -0.05) is 44.5 Å². The monoisotopic (exact) mass is 276 g/mol. The fourth-order valence-electron chi connectivity index (χ4n) is 3.34. The Labute approximate surface area is 120 Å². The van der Waals surface area contributed by atoms with E-state index in [2.05, 4.69) is 38.1 Å². The lowest BCUT2D eigenvalue weighted by molar-refractivity contribution is -0.0589. The summed E-state index contributed by atoms with van der Waals surface area (Å²) in [6.07, 6.45) is 5.02. The molecule has 2 heteroatoms. The summed E-state index contributed by atoms with van der Waals surface area (Å²) in [7, 11) is 0. The molecular weight excluding hydrogens is 252 g/mol. The number of hydrogen-bond donors (Lipinski definition) is 1. The average Bonchev–Trinajstić information content (AvgIpc) is 2.32. The molecule has 2 fully saturated rings. The van der Waals surface area contributed by atoms with E-state index >= 15 is 0 Å². The first-order valence-corrected chi connectivity index (χ1v) is 8.60. The minimum Gasteiger partial charge on any atom is -0.384 e. The molecule has 0 bridgehead atoms. The van der Waals surface area contributed by atoms with Crippen LogP contribution in [0.25, 0.3) is 0 Å². The van der Waals surface area contributed by atoms with Gasteiger partial charge >= 0.3 is 0 Å². The lowest BCUT2D eigenvalue weighted by atomic mass is 9.66. The van der Waals surface area contributed by atoms with Crippen molar-refractivity contribution < 1.29 is 5.11 Å². The summed E-state index contributed by atoms with van der Waals surface area (Å²) in [5, 5.41) is 11.4. The van der Waals surface area contributed by atoms with Crippen molar-refractivity contribution in [2.24, 2.45) is 5.41 Å². The van der Waals surface area contributed by atoms with Gasteiger partial charge in [-0.25, -0.2) is 0 Å². The van der Waals surface area contributed by atoms with Gasteiger partial charge in [-0.3, -0.25) is 0 Å². The zero-order valence-electron chi connectivity index (χ0n) is 12.0. The van der Waals surface area contributed by atoms with Gasteiger partial charge in [0, 0.05) is 5.75 Å². The lowest BCUT2D eigenvalue weighted by Gasteiger charge is -2.48. The van der Waals surface area contributed by atoms with Crippen LogP contribution in [0.2, 0.25) is 0 Å². The molecule has 1 aromatic rings. The van der Waals surface area contributed by atoms with E-state index in [1.807, 2.05) is 11.8 Å². The Morgan fingerprint density at radius 3 is 2.58 bits per heavy atom. The zero-order chi connectivity index (χ0) is 13.5. The first-order chi connectivity index (χ1) is 9.05. The van der Waals surface area contributed by atoms with Gasteiger partial charge in [-0.2, -0.15) is 11.8 Å². The molecule has 1 saturated heterocycles. The average molecular weight is 276 g/mol. The Morgan fingerprint density at radius 2 is 1.95 bits per heavy atom. The Bertz CT molecular complexity index is 464. The van der Waals surface area contributed by atoms with E-state index in [-0.39, 0.29) is 5.41 Å². The van der Waals surface area contributed by atoms with Gasteiger partial charge < -0.3 is 5.11 Å². The summed E-state index contributed by atoms with van der Waals surface area (Å²) in [4.78, 5) is 0. The fourth-order valence-corrected chi connectivity index (χ4v) is 4.98. The van der Waals surface area contributed by atoms with E-state index in [1.54, 1.807) is 0 Å². The quantitative estimate of drug-likeness (QED) is 0.869. The van der Waals surface area contributed by atoms with Crippen LogP contribution in [0.3, 0.4) is 0 Å². The largest absolute Gasteiger partial charge is 0.384 e. The van der Waals surface area contributed by atoms with E-state index in [1.165, 1.54) is 36.1 Å². The van der Waals surface area contributed by atoms with Crippen molar-refractivity contribution in [2.45, 2.75) is 51.0 Å². The van der Waals surface area contributed by atoms with Gasteiger partial charge in [0.25, 0.3) is 0 Å². The van der Waals surface area contributed by atoms with Gasteiger partial charge in [0.05, 0.1) is 0 Å². The summed E-state index contributed by atoms with van der Waals surface area (Å²) in [6.45, 7) is 4.45. The third-order valence-electron chi connectivity index (χ3n) is 5.25. The summed E-state index contributed by atoms with van der Waals surface area (Å²) in [5.41, 5.74) is 1.92. The molecule has 1 aliphatic carbocycles. The van der Waals surface area contributed by atoms with Crippen molar-refractivity contribution in [1.29, 1.82) is 0 Å². The molecule has 1 aliphatic heterocycles. The first kappa shape index (κ1) is 13.5. The molecular formula is C17H24OS. The highest BCUT2D eigenvalue weighted by atomic mass is 32.2. The predicted octanol–water partition coefficient (Wildman–Crippen LogP) is 4.30. The summed E-state index contributed by atoms with van der Waals surface area (Å²) < 4.78 is 0. The second-order valence-corrected chi connectivity index (χ2v) is 7.87. The molecule has 1 atom stereocenters. The van der Waals surface area contributed by atoms with Crippen LogP contribution in [0.15, 0.2) is 24.3 Å². The van der Waals surface area contributed by atoms with Crippen LogP contribution in [0.1, 0.15) is 56.6 Å². The number of benzene rings is 1. The number of rotatable bonds is 2. The van der Waals surface area contributed by atoms with Gasteiger partial charge in [0.15, 0.2) is 0 Å². The Morgan fingerprint density at radius 1 is 1.21 bits per heavy atom. The van der Waals surface area contributed by atoms with E-state index in [9.17, 15) is 5.11 Å². The van der Waals surface area contributed by atoms with E-state index in [0.29, 0.717) is 5.92 Å². The van der Waals surface area contributed by atoms with Gasteiger partial charge in [0.2, 0.25) is 0 Å². The molecule has 104 valence electrons. The van der Waals surface area contributed by atoms with Crippen LogP contribution in [0, 0.1) is 5.41 Å². The van der Waals surface area contributed by atoms with Crippen LogP contribution in [-0.2, 0) is 5.60 Å². The molecule has 2 aliphatic rings. The van der Waals surface area contributed by atoms with E-state index in [4.69, 9.17) is 0 Å². The van der Waals surface area contributed by atoms with Crippen LogP contribution < -0.4 is 0 Å². The van der Waals surface area contributed by atoms with Crippen molar-refractivity contribution in [3.8, 4) is 0 Å². The van der Waals surface area contributed by atoms with Gasteiger partial charge in [-0.05, 0) is 47.5 Å². The molecule has 0 radical (unpaired) electrons. The van der Waals surface area contributed by atoms with E-state index < -0.39 is 5.60 Å². The predicted molar refractivity (Wildman–Crippen MR) is 82.7 cm³/mol. The molecule has 1 N–H and O–H groups in total. The van der Waals surface area contributed by atoms with Crippen LogP contribution in [0.5, 0.6) is 0 Å². The normalized spacial score (nSPS) is 30.9. The first-order valence-electron chi connectivity index (χ1n) is 7.44. The molecule has 1 nitrogen and oxygen atoms in total. The highest BCUT2D eigenvalue weighted by Gasteiger charge is 2.48. The maximum Gasteiger partial charge on any atom is 0.104 e. The maximum atomic E-state index is 11.4. The van der Waals surface area contributed by atoms with Crippen molar-refractivity contribution in [2.75, 3.05) is 11.5 Å².